The summed E-state index contributed by atoms with van der Waals surface area (Å²) in [6.45, 7) is 6.15. The van der Waals surface area contributed by atoms with Crippen LogP contribution in [0, 0.1) is 0 Å². The molecule has 0 N–H and O–H groups in total. The Labute approximate surface area is 206 Å². The molecule has 1 unspecified atom stereocenters. The molecule has 1 atom stereocenters. The first-order valence-electron chi connectivity index (χ1n) is 14.0. The van der Waals surface area contributed by atoms with Crippen LogP contribution in [0.1, 0.15) is 129 Å². The van der Waals surface area contributed by atoms with Crippen LogP contribution in [0.25, 0.3) is 0 Å². The molecule has 0 fully saturated rings. The second-order valence-electron chi connectivity index (χ2n) is 9.96. The third-order valence-electron chi connectivity index (χ3n) is 6.53. The predicted octanol–water partition coefficient (Wildman–Crippen LogP) is 6.98. The Bertz CT molecular complexity index is 468. The highest BCUT2D eigenvalue weighted by Crippen LogP contribution is 2.19. The first kappa shape index (κ1) is 31.9. The van der Waals surface area contributed by atoms with Crippen LogP contribution in [-0.2, 0) is 14.3 Å². The van der Waals surface area contributed by atoms with Crippen molar-refractivity contribution >= 4 is 11.9 Å². The van der Waals surface area contributed by atoms with Gasteiger partial charge in [0.25, 0.3) is 0 Å². The van der Waals surface area contributed by atoms with Gasteiger partial charge >= 0.3 is 5.97 Å². The number of rotatable bonds is 23. The highest BCUT2D eigenvalue weighted by molar-refractivity contribution is 5.78. The van der Waals surface area contributed by atoms with Crippen LogP contribution in [0.2, 0.25) is 0 Å². The zero-order valence-electron chi connectivity index (χ0n) is 22.8. The van der Waals surface area contributed by atoms with E-state index in [0.717, 1.165) is 45.2 Å². The van der Waals surface area contributed by atoms with Crippen molar-refractivity contribution in [1.29, 1.82) is 0 Å². The Morgan fingerprint density at radius 1 is 0.697 bits per heavy atom. The van der Waals surface area contributed by atoms with Crippen molar-refractivity contribution in [2.75, 3.05) is 34.3 Å². The number of carbonyl (C=O) groups excluding carboxylic acids is 2. The Kier molecular flexibility index (Phi) is 21.9. The highest BCUT2D eigenvalue weighted by atomic mass is 16.5. The molecular formula is C28H56N2O3. The van der Waals surface area contributed by atoms with E-state index >= 15 is 0 Å². The van der Waals surface area contributed by atoms with E-state index in [-0.39, 0.29) is 17.9 Å². The Hall–Kier alpha value is -1.10. The van der Waals surface area contributed by atoms with Crippen LogP contribution in [0.5, 0.6) is 0 Å². The van der Waals surface area contributed by atoms with Gasteiger partial charge in [-0.15, -0.1) is 0 Å². The summed E-state index contributed by atoms with van der Waals surface area (Å²) in [5.74, 6) is 0.0171. The Balaban J connectivity index is 4.82. The van der Waals surface area contributed by atoms with Gasteiger partial charge in [0.05, 0.1) is 13.5 Å². The molecule has 0 aliphatic carbocycles. The number of carbonyl (C=O) groups is 2. The smallest absolute Gasteiger partial charge is 0.307 e. The van der Waals surface area contributed by atoms with E-state index in [0.29, 0.717) is 12.8 Å². The average molecular weight is 469 g/mol. The number of hydrogen-bond acceptors (Lipinski definition) is 4. The number of hydrogen-bond donors (Lipinski definition) is 0. The van der Waals surface area contributed by atoms with Gasteiger partial charge in [0, 0.05) is 19.0 Å². The van der Waals surface area contributed by atoms with E-state index in [2.05, 4.69) is 32.8 Å². The molecule has 0 saturated carbocycles. The van der Waals surface area contributed by atoms with Gasteiger partial charge in [-0.05, 0) is 39.9 Å². The Morgan fingerprint density at radius 2 is 1.21 bits per heavy atom. The summed E-state index contributed by atoms with van der Waals surface area (Å²) in [6.07, 6.45) is 19.9. The molecule has 33 heavy (non-hydrogen) atoms. The molecule has 0 aromatic carbocycles. The molecule has 0 aliphatic rings. The summed E-state index contributed by atoms with van der Waals surface area (Å²) in [5.41, 5.74) is 0. The molecule has 0 radical (unpaired) electrons. The van der Waals surface area contributed by atoms with Crippen LogP contribution in [-0.4, -0.2) is 62.0 Å². The normalized spacial score (nSPS) is 12.2. The summed E-state index contributed by atoms with van der Waals surface area (Å²) < 4.78 is 4.99. The molecule has 0 aromatic heterocycles. The number of ether oxygens (including phenoxy) is 1. The zero-order chi connectivity index (χ0) is 24.7. The summed E-state index contributed by atoms with van der Waals surface area (Å²) in [5, 5.41) is 0. The SMILES string of the molecule is CCCCCCCCCC(=O)N(CCCN(C)C)C(CCCCCCCCC)CC(=O)OC. The van der Waals surface area contributed by atoms with E-state index < -0.39 is 0 Å². The molecule has 0 heterocycles. The maximum Gasteiger partial charge on any atom is 0.307 e. The fourth-order valence-electron chi connectivity index (χ4n) is 4.43. The van der Waals surface area contributed by atoms with Crippen LogP contribution in [0.15, 0.2) is 0 Å². The lowest BCUT2D eigenvalue weighted by atomic mass is 10.0. The lowest BCUT2D eigenvalue weighted by Crippen LogP contribution is -2.43. The number of methoxy groups -OCH3 is 1. The molecule has 0 saturated heterocycles. The number of unbranched alkanes of at least 4 members (excludes halogenated alkanes) is 12. The van der Waals surface area contributed by atoms with Crippen molar-refractivity contribution < 1.29 is 14.3 Å². The van der Waals surface area contributed by atoms with Gasteiger partial charge in [-0.3, -0.25) is 9.59 Å². The van der Waals surface area contributed by atoms with Crippen molar-refractivity contribution in [3.63, 3.8) is 0 Å². The number of nitrogens with zero attached hydrogens (tertiary/aromatic N) is 2. The molecule has 0 rings (SSSR count). The highest BCUT2D eigenvalue weighted by Gasteiger charge is 2.25. The largest absolute Gasteiger partial charge is 0.469 e. The molecule has 0 aliphatic heterocycles. The van der Waals surface area contributed by atoms with Gasteiger partial charge in [0.15, 0.2) is 0 Å². The third-order valence-corrected chi connectivity index (χ3v) is 6.53. The fraction of sp³-hybridized carbons (Fsp3) is 0.929. The topological polar surface area (TPSA) is 49.9 Å². The van der Waals surface area contributed by atoms with Gasteiger partial charge < -0.3 is 14.5 Å². The first-order chi connectivity index (χ1) is 16.0. The fourth-order valence-corrected chi connectivity index (χ4v) is 4.43. The third kappa shape index (κ3) is 19.0. The average Bonchev–Trinajstić information content (AvgIpc) is 2.79. The molecule has 1 amide bonds. The summed E-state index contributed by atoms with van der Waals surface area (Å²) in [4.78, 5) is 29.6. The molecule has 0 aromatic rings. The van der Waals surface area contributed by atoms with Crippen LogP contribution >= 0.6 is 0 Å². The minimum atomic E-state index is -0.204. The van der Waals surface area contributed by atoms with Crippen LogP contribution < -0.4 is 0 Å². The molecule has 0 bridgehead atoms. The first-order valence-corrected chi connectivity index (χ1v) is 14.0. The minimum absolute atomic E-state index is 0.0349. The second-order valence-corrected chi connectivity index (χ2v) is 9.96. The van der Waals surface area contributed by atoms with Gasteiger partial charge in [0.1, 0.15) is 0 Å². The molecule has 5 heteroatoms. The van der Waals surface area contributed by atoms with E-state index in [9.17, 15) is 9.59 Å². The summed E-state index contributed by atoms with van der Waals surface area (Å²) in [6, 6.07) is -0.0349. The second kappa shape index (κ2) is 22.7. The summed E-state index contributed by atoms with van der Waals surface area (Å²) in [7, 11) is 5.58. The zero-order valence-corrected chi connectivity index (χ0v) is 22.8. The van der Waals surface area contributed by atoms with Gasteiger partial charge in [-0.2, -0.15) is 0 Å². The predicted molar refractivity (Wildman–Crippen MR) is 141 cm³/mol. The van der Waals surface area contributed by atoms with Gasteiger partial charge in [0.2, 0.25) is 5.91 Å². The maximum atomic E-state index is 13.2. The van der Waals surface area contributed by atoms with E-state index in [4.69, 9.17) is 4.74 Å². The van der Waals surface area contributed by atoms with Crippen molar-refractivity contribution in [3.05, 3.63) is 0 Å². The van der Waals surface area contributed by atoms with Gasteiger partial charge in [-0.1, -0.05) is 97.3 Å². The monoisotopic (exact) mass is 468 g/mol. The van der Waals surface area contributed by atoms with E-state index in [1.54, 1.807) is 0 Å². The van der Waals surface area contributed by atoms with Gasteiger partial charge in [-0.25, -0.2) is 0 Å². The van der Waals surface area contributed by atoms with Crippen LogP contribution in [0.4, 0.5) is 0 Å². The van der Waals surface area contributed by atoms with Crippen LogP contribution in [0.3, 0.4) is 0 Å². The molecule has 5 nitrogen and oxygen atoms in total. The van der Waals surface area contributed by atoms with Crippen molar-refractivity contribution in [2.24, 2.45) is 0 Å². The molecule has 196 valence electrons. The molecular weight excluding hydrogens is 412 g/mol. The standard InChI is InChI=1S/C28H56N2O3/c1-6-8-10-12-14-16-18-21-26(25-28(32)33-5)30(24-20-23-29(3)4)27(31)22-19-17-15-13-11-9-7-2/h26H,6-25H2,1-5H3. The quantitative estimate of drug-likeness (QED) is 0.120. The van der Waals surface area contributed by atoms with Crippen molar-refractivity contribution in [3.8, 4) is 0 Å². The summed E-state index contributed by atoms with van der Waals surface area (Å²) >= 11 is 0. The maximum absolute atomic E-state index is 13.2. The van der Waals surface area contributed by atoms with E-state index in [1.807, 2.05) is 4.90 Å². The lowest BCUT2D eigenvalue weighted by Gasteiger charge is -2.32. The Morgan fingerprint density at radius 3 is 1.73 bits per heavy atom. The van der Waals surface area contributed by atoms with Crippen molar-refractivity contribution in [1.82, 2.24) is 9.80 Å². The number of esters is 1. The number of amides is 1. The lowest BCUT2D eigenvalue weighted by molar-refractivity contribution is -0.144. The van der Waals surface area contributed by atoms with E-state index in [1.165, 1.54) is 77.7 Å². The minimum Gasteiger partial charge on any atom is -0.469 e. The van der Waals surface area contributed by atoms with Crippen molar-refractivity contribution in [2.45, 2.75) is 135 Å². The molecule has 0 spiro atoms.